The number of benzene rings is 1. The molecule has 0 saturated carbocycles. The van der Waals surface area contributed by atoms with Gasteiger partial charge in [-0.2, -0.15) is 0 Å². The number of nitrogens with zero attached hydrogens (tertiary/aromatic N) is 2. The average Bonchev–Trinajstić information content (AvgIpc) is 2.44. The van der Waals surface area contributed by atoms with Gasteiger partial charge in [-0.15, -0.1) is 0 Å². The van der Waals surface area contributed by atoms with Crippen LogP contribution in [0.4, 0.5) is 0 Å². The topological polar surface area (TPSA) is 52.6 Å². The Hall–Kier alpha value is -1.88. The molecular formula is C16H23N3O2. The molecule has 1 heterocycles. The van der Waals surface area contributed by atoms with E-state index in [-0.39, 0.29) is 18.4 Å². The number of nitrogens with one attached hydrogen (secondary N) is 1. The number of amides is 2. The first-order chi connectivity index (χ1) is 10.1. The van der Waals surface area contributed by atoms with E-state index >= 15 is 0 Å². The third-order valence-electron chi connectivity index (χ3n) is 3.60. The molecule has 0 bridgehead atoms. The van der Waals surface area contributed by atoms with Gasteiger partial charge in [-0.05, 0) is 32.6 Å². The van der Waals surface area contributed by atoms with Gasteiger partial charge in [0.1, 0.15) is 6.04 Å². The van der Waals surface area contributed by atoms with Crippen molar-refractivity contribution >= 4 is 11.8 Å². The molecule has 2 amide bonds. The van der Waals surface area contributed by atoms with Crippen LogP contribution in [0.5, 0.6) is 0 Å². The van der Waals surface area contributed by atoms with Gasteiger partial charge in [0.05, 0.1) is 6.54 Å². The summed E-state index contributed by atoms with van der Waals surface area (Å²) in [5.41, 5.74) is 1.06. The van der Waals surface area contributed by atoms with Crippen LogP contribution in [-0.2, 0) is 16.0 Å². The van der Waals surface area contributed by atoms with E-state index in [0.29, 0.717) is 13.0 Å². The zero-order valence-corrected chi connectivity index (χ0v) is 12.7. The molecule has 1 N–H and O–H groups in total. The van der Waals surface area contributed by atoms with Crippen molar-refractivity contribution in [3.8, 4) is 0 Å². The fourth-order valence-electron chi connectivity index (χ4n) is 2.53. The zero-order chi connectivity index (χ0) is 15.2. The highest BCUT2D eigenvalue weighted by Crippen LogP contribution is 2.10. The summed E-state index contributed by atoms with van der Waals surface area (Å²) in [6.45, 7) is 1.72. The molecule has 1 unspecified atom stereocenters. The van der Waals surface area contributed by atoms with Crippen LogP contribution in [0.3, 0.4) is 0 Å². The molecule has 21 heavy (non-hydrogen) atoms. The maximum absolute atomic E-state index is 12.4. The standard InChI is InChI=1S/C16H23N3O2/c1-18(2)9-6-10-19-12-15(20)17-14(16(19)21)11-13-7-4-3-5-8-13/h3-5,7-8,14H,6,9-12H2,1-2H3,(H,17,20). The van der Waals surface area contributed by atoms with Crippen LogP contribution < -0.4 is 5.32 Å². The number of carbonyl (C=O) groups is 2. The second-order valence-corrected chi connectivity index (χ2v) is 5.73. The molecule has 1 atom stereocenters. The predicted octanol–water partition coefficient (Wildman–Crippen LogP) is 0.508. The predicted molar refractivity (Wildman–Crippen MR) is 81.8 cm³/mol. The van der Waals surface area contributed by atoms with Crippen molar-refractivity contribution in [3.63, 3.8) is 0 Å². The SMILES string of the molecule is CN(C)CCCN1CC(=O)NC(Cc2ccccc2)C1=O. The van der Waals surface area contributed by atoms with Gasteiger partial charge >= 0.3 is 0 Å². The highest BCUT2D eigenvalue weighted by molar-refractivity contribution is 5.95. The van der Waals surface area contributed by atoms with Crippen molar-refractivity contribution in [3.05, 3.63) is 35.9 Å². The van der Waals surface area contributed by atoms with Gasteiger partial charge in [0.2, 0.25) is 11.8 Å². The molecule has 5 nitrogen and oxygen atoms in total. The van der Waals surface area contributed by atoms with Crippen molar-refractivity contribution in [2.75, 3.05) is 33.7 Å². The smallest absolute Gasteiger partial charge is 0.245 e. The van der Waals surface area contributed by atoms with E-state index in [4.69, 9.17) is 0 Å². The first-order valence-corrected chi connectivity index (χ1v) is 7.33. The Kier molecular flexibility index (Phi) is 5.33. The van der Waals surface area contributed by atoms with Gasteiger partial charge in [0.25, 0.3) is 0 Å². The largest absolute Gasteiger partial charge is 0.342 e. The van der Waals surface area contributed by atoms with Crippen LogP contribution >= 0.6 is 0 Å². The first-order valence-electron chi connectivity index (χ1n) is 7.33. The number of hydrogen-bond acceptors (Lipinski definition) is 3. The molecule has 0 radical (unpaired) electrons. The Morgan fingerprint density at radius 3 is 2.62 bits per heavy atom. The van der Waals surface area contributed by atoms with Crippen LogP contribution in [-0.4, -0.2) is 61.4 Å². The van der Waals surface area contributed by atoms with E-state index < -0.39 is 6.04 Å². The fourth-order valence-corrected chi connectivity index (χ4v) is 2.53. The Balaban J connectivity index is 1.95. The van der Waals surface area contributed by atoms with Crippen LogP contribution in [0.15, 0.2) is 30.3 Å². The van der Waals surface area contributed by atoms with Gasteiger partial charge in [0, 0.05) is 13.0 Å². The van der Waals surface area contributed by atoms with E-state index in [2.05, 4.69) is 10.2 Å². The first kappa shape index (κ1) is 15.5. The summed E-state index contributed by atoms with van der Waals surface area (Å²) in [5, 5.41) is 2.80. The summed E-state index contributed by atoms with van der Waals surface area (Å²) in [6, 6.07) is 9.35. The number of piperazine rings is 1. The summed E-state index contributed by atoms with van der Waals surface area (Å²) in [6.07, 6.45) is 1.43. The fraction of sp³-hybridized carbons (Fsp3) is 0.500. The number of hydrogen-bond donors (Lipinski definition) is 1. The van der Waals surface area contributed by atoms with Crippen molar-refractivity contribution in [2.45, 2.75) is 18.9 Å². The second kappa shape index (κ2) is 7.22. The lowest BCUT2D eigenvalue weighted by Crippen LogP contribution is -2.58. The Bertz CT molecular complexity index is 488. The summed E-state index contributed by atoms with van der Waals surface area (Å²) < 4.78 is 0. The Morgan fingerprint density at radius 1 is 1.24 bits per heavy atom. The van der Waals surface area contributed by atoms with Crippen molar-refractivity contribution in [2.24, 2.45) is 0 Å². The third kappa shape index (κ3) is 4.56. The van der Waals surface area contributed by atoms with E-state index in [9.17, 15) is 9.59 Å². The van der Waals surface area contributed by atoms with E-state index in [1.165, 1.54) is 0 Å². The summed E-state index contributed by atoms with van der Waals surface area (Å²) in [4.78, 5) is 28.0. The molecule has 1 saturated heterocycles. The second-order valence-electron chi connectivity index (χ2n) is 5.73. The van der Waals surface area contributed by atoms with Crippen molar-refractivity contribution < 1.29 is 9.59 Å². The Labute approximate surface area is 125 Å². The molecule has 5 heteroatoms. The summed E-state index contributed by atoms with van der Waals surface area (Å²) in [5.74, 6) is -0.0439. The van der Waals surface area contributed by atoms with Crippen molar-refractivity contribution in [1.82, 2.24) is 15.1 Å². The van der Waals surface area contributed by atoms with Gasteiger partial charge in [-0.1, -0.05) is 30.3 Å². The number of rotatable bonds is 6. The third-order valence-corrected chi connectivity index (χ3v) is 3.60. The summed E-state index contributed by atoms with van der Waals surface area (Å²) in [7, 11) is 4.01. The monoisotopic (exact) mass is 289 g/mol. The van der Waals surface area contributed by atoms with Crippen LogP contribution in [0.2, 0.25) is 0 Å². The van der Waals surface area contributed by atoms with Gasteiger partial charge in [-0.3, -0.25) is 9.59 Å². The molecule has 1 aliphatic heterocycles. The quantitative estimate of drug-likeness (QED) is 0.830. The van der Waals surface area contributed by atoms with Crippen LogP contribution in [0.25, 0.3) is 0 Å². The summed E-state index contributed by atoms with van der Waals surface area (Å²) >= 11 is 0. The lowest BCUT2D eigenvalue weighted by Gasteiger charge is -2.33. The van der Waals surface area contributed by atoms with E-state index in [1.807, 2.05) is 44.4 Å². The molecule has 1 fully saturated rings. The maximum atomic E-state index is 12.4. The highest BCUT2D eigenvalue weighted by Gasteiger charge is 2.32. The number of carbonyl (C=O) groups excluding carboxylic acids is 2. The molecule has 0 aromatic heterocycles. The minimum Gasteiger partial charge on any atom is -0.342 e. The lowest BCUT2D eigenvalue weighted by atomic mass is 10.0. The molecule has 2 rings (SSSR count). The minimum absolute atomic E-state index is 0.0252. The normalized spacial score (nSPS) is 19.0. The van der Waals surface area contributed by atoms with Gasteiger partial charge < -0.3 is 15.1 Å². The molecule has 1 aromatic rings. The molecule has 114 valence electrons. The molecule has 1 aliphatic rings. The average molecular weight is 289 g/mol. The molecule has 0 spiro atoms. The maximum Gasteiger partial charge on any atom is 0.245 e. The molecule has 1 aromatic carbocycles. The van der Waals surface area contributed by atoms with Gasteiger partial charge in [0.15, 0.2) is 0 Å². The lowest BCUT2D eigenvalue weighted by molar-refractivity contribution is -0.144. The minimum atomic E-state index is -0.437. The van der Waals surface area contributed by atoms with Gasteiger partial charge in [-0.25, -0.2) is 0 Å². The van der Waals surface area contributed by atoms with Crippen molar-refractivity contribution in [1.29, 1.82) is 0 Å². The van der Waals surface area contributed by atoms with E-state index in [0.717, 1.165) is 18.5 Å². The molecule has 0 aliphatic carbocycles. The Morgan fingerprint density at radius 2 is 1.95 bits per heavy atom. The van der Waals surface area contributed by atoms with E-state index in [1.54, 1.807) is 4.90 Å². The highest BCUT2D eigenvalue weighted by atomic mass is 16.2. The van der Waals surface area contributed by atoms with Crippen LogP contribution in [0, 0.1) is 0 Å². The van der Waals surface area contributed by atoms with Crippen LogP contribution in [0.1, 0.15) is 12.0 Å². The molecular weight excluding hydrogens is 266 g/mol. The zero-order valence-electron chi connectivity index (χ0n) is 12.7.